The predicted octanol–water partition coefficient (Wildman–Crippen LogP) is 2.75. The highest BCUT2D eigenvalue weighted by molar-refractivity contribution is 6.40. The van der Waals surface area contributed by atoms with Crippen LogP contribution in [0.2, 0.25) is 10.0 Å². The number of carbonyl (C=O) groups excluding carboxylic acids is 1. The normalized spacial score (nSPS) is 15.2. The lowest BCUT2D eigenvalue weighted by molar-refractivity contribution is 0.181. The molecule has 0 aliphatic carbocycles. The zero-order chi connectivity index (χ0) is 11.7. The predicted molar refractivity (Wildman–Crippen MR) is 60.6 cm³/mol. The van der Waals surface area contributed by atoms with Crippen LogP contribution < -0.4 is 10.4 Å². The van der Waals surface area contributed by atoms with Gasteiger partial charge in [0.25, 0.3) is 0 Å². The van der Waals surface area contributed by atoms with Gasteiger partial charge in [0.2, 0.25) is 0 Å². The van der Waals surface area contributed by atoms with Crippen LogP contribution in [0.5, 0.6) is 0 Å². The maximum absolute atomic E-state index is 11.4. The molecule has 5 nitrogen and oxygen atoms in total. The number of hydrogen-bond donors (Lipinski definition) is 2. The number of nitrogens with one attached hydrogen (secondary N) is 1. The average molecular weight is 263 g/mol. The van der Waals surface area contributed by atoms with Gasteiger partial charge in [0, 0.05) is 0 Å². The molecule has 1 fully saturated rings. The summed E-state index contributed by atoms with van der Waals surface area (Å²) in [6.45, 7) is 0.718. The molecule has 0 aromatic heterocycles. The summed E-state index contributed by atoms with van der Waals surface area (Å²) in [4.78, 5) is 12.7. The maximum Gasteiger partial charge on any atom is 0.414 e. The van der Waals surface area contributed by atoms with E-state index in [0.29, 0.717) is 24.5 Å². The van der Waals surface area contributed by atoms with E-state index in [4.69, 9.17) is 33.1 Å². The Labute approximate surface area is 101 Å². The van der Waals surface area contributed by atoms with Gasteiger partial charge in [-0.05, 0) is 12.1 Å². The molecule has 1 amide bonds. The van der Waals surface area contributed by atoms with Crippen molar-refractivity contribution in [3.05, 3.63) is 22.2 Å². The summed E-state index contributed by atoms with van der Waals surface area (Å²) >= 11 is 11.9. The summed E-state index contributed by atoms with van der Waals surface area (Å²) < 4.78 is 4.79. The molecule has 0 unspecified atom stereocenters. The van der Waals surface area contributed by atoms with E-state index in [1.165, 1.54) is 17.0 Å². The number of anilines is 2. The first-order valence-corrected chi connectivity index (χ1v) is 5.22. The zero-order valence-corrected chi connectivity index (χ0v) is 9.55. The topological polar surface area (TPSA) is 61.8 Å². The van der Waals surface area contributed by atoms with Gasteiger partial charge < -0.3 is 4.74 Å². The van der Waals surface area contributed by atoms with Crippen LogP contribution >= 0.6 is 23.2 Å². The number of carbonyl (C=O) groups is 1. The van der Waals surface area contributed by atoms with Crippen LogP contribution in [0.4, 0.5) is 16.2 Å². The molecule has 0 spiro atoms. The number of hydrogen-bond acceptors (Lipinski definition) is 4. The standard InChI is InChI=1S/C9H8Cl2N2O3/c10-6-3-5(12-15)4-7(11)8(6)13-1-2-16-9(13)14/h3-4,12,15H,1-2H2. The van der Waals surface area contributed by atoms with E-state index in [1.807, 2.05) is 5.48 Å². The molecule has 7 heteroatoms. The minimum absolute atomic E-state index is 0.267. The Bertz CT molecular complexity index is 416. The molecule has 2 rings (SSSR count). The Kier molecular flexibility index (Phi) is 3.09. The Balaban J connectivity index is 2.44. The van der Waals surface area contributed by atoms with E-state index < -0.39 is 6.09 Å². The number of halogens is 2. The number of ether oxygens (including phenoxy) is 1. The van der Waals surface area contributed by atoms with Crippen molar-refractivity contribution in [1.82, 2.24) is 0 Å². The van der Waals surface area contributed by atoms with Crippen molar-refractivity contribution in [1.29, 1.82) is 0 Å². The summed E-state index contributed by atoms with van der Waals surface area (Å²) in [6, 6.07) is 2.93. The molecular weight excluding hydrogens is 255 g/mol. The smallest absolute Gasteiger partial charge is 0.414 e. The summed E-state index contributed by atoms with van der Waals surface area (Å²) in [5.41, 5.74) is 2.68. The van der Waals surface area contributed by atoms with Gasteiger partial charge >= 0.3 is 6.09 Å². The highest BCUT2D eigenvalue weighted by Gasteiger charge is 2.27. The second-order valence-electron chi connectivity index (χ2n) is 3.17. The van der Waals surface area contributed by atoms with Gasteiger partial charge in [-0.2, -0.15) is 0 Å². The Morgan fingerprint density at radius 3 is 2.44 bits per heavy atom. The van der Waals surface area contributed by atoms with Gasteiger partial charge in [-0.3, -0.25) is 15.6 Å². The molecule has 16 heavy (non-hydrogen) atoms. The fraction of sp³-hybridized carbons (Fsp3) is 0.222. The Hall–Kier alpha value is -1.17. The summed E-state index contributed by atoms with van der Waals surface area (Å²) in [6.07, 6.45) is -0.478. The van der Waals surface area contributed by atoms with E-state index in [2.05, 4.69) is 0 Å². The SMILES string of the molecule is O=C1OCCN1c1c(Cl)cc(NO)cc1Cl. The molecule has 1 aliphatic rings. The summed E-state index contributed by atoms with van der Waals surface area (Å²) in [5.74, 6) is 0. The maximum atomic E-state index is 11.4. The Morgan fingerprint density at radius 2 is 2.00 bits per heavy atom. The molecule has 86 valence electrons. The van der Waals surface area contributed by atoms with Gasteiger partial charge in [0.05, 0.1) is 28.0 Å². The van der Waals surface area contributed by atoms with Crippen molar-refractivity contribution in [2.75, 3.05) is 23.5 Å². The third-order valence-electron chi connectivity index (χ3n) is 2.18. The fourth-order valence-electron chi connectivity index (χ4n) is 1.48. The molecule has 2 N–H and O–H groups in total. The van der Waals surface area contributed by atoms with Crippen molar-refractivity contribution in [2.24, 2.45) is 0 Å². The van der Waals surface area contributed by atoms with Crippen LogP contribution in [0.15, 0.2) is 12.1 Å². The minimum atomic E-state index is -0.478. The van der Waals surface area contributed by atoms with E-state index in [9.17, 15) is 4.79 Å². The van der Waals surface area contributed by atoms with Crippen molar-refractivity contribution < 1.29 is 14.7 Å². The van der Waals surface area contributed by atoms with Gasteiger partial charge in [-0.15, -0.1) is 0 Å². The molecule has 0 atom stereocenters. The number of rotatable bonds is 2. The third-order valence-corrected chi connectivity index (χ3v) is 2.75. The monoisotopic (exact) mass is 262 g/mol. The molecule has 0 radical (unpaired) electrons. The summed E-state index contributed by atoms with van der Waals surface area (Å²) in [7, 11) is 0. The van der Waals surface area contributed by atoms with Crippen LogP contribution in [0, 0.1) is 0 Å². The van der Waals surface area contributed by atoms with E-state index >= 15 is 0 Å². The highest BCUT2D eigenvalue weighted by Crippen LogP contribution is 2.37. The van der Waals surface area contributed by atoms with Crippen LogP contribution in [0.3, 0.4) is 0 Å². The van der Waals surface area contributed by atoms with E-state index in [0.717, 1.165) is 0 Å². The highest BCUT2D eigenvalue weighted by atomic mass is 35.5. The third kappa shape index (κ3) is 1.89. The molecule has 1 aromatic rings. The molecule has 0 bridgehead atoms. The second-order valence-corrected chi connectivity index (χ2v) is 3.98. The number of cyclic esters (lactones) is 1. The molecular formula is C9H8Cl2N2O3. The quantitative estimate of drug-likeness (QED) is 0.805. The van der Waals surface area contributed by atoms with Gasteiger partial charge in [0.1, 0.15) is 6.61 Å². The van der Waals surface area contributed by atoms with Gasteiger partial charge in [-0.25, -0.2) is 4.79 Å². The van der Waals surface area contributed by atoms with Crippen LogP contribution in [0.1, 0.15) is 0 Å². The molecule has 0 saturated carbocycles. The van der Waals surface area contributed by atoms with Crippen molar-refractivity contribution in [2.45, 2.75) is 0 Å². The van der Waals surface area contributed by atoms with Crippen molar-refractivity contribution in [3.8, 4) is 0 Å². The largest absolute Gasteiger partial charge is 0.447 e. The molecule has 1 heterocycles. The van der Waals surface area contributed by atoms with Crippen LogP contribution in [-0.2, 0) is 4.74 Å². The van der Waals surface area contributed by atoms with Gasteiger partial charge in [-0.1, -0.05) is 23.2 Å². The first-order valence-electron chi connectivity index (χ1n) is 4.47. The van der Waals surface area contributed by atoms with E-state index in [-0.39, 0.29) is 10.0 Å². The lowest BCUT2D eigenvalue weighted by Gasteiger charge is -2.17. The number of nitrogens with zero attached hydrogens (tertiary/aromatic N) is 1. The first kappa shape index (κ1) is 11.3. The van der Waals surface area contributed by atoms with Crippen LogP contribution in [-0.4, -0.2) is 24.5 Å². The fourth-order valence-corrected chi connectivity index (χ4v) is 2.18. The lowest BCUT2D eigenvalue weighted by Crippen LogP contribution is -2.24. The second kappa shape index (κ2) is 4.37. The minimum Gasteiger partial charge on any atom is -0.447 e. The Morgan fingerprint density at radius 1 is 1.38 bits per heavy atom. The summed E-state index contributed by atoms with van der Waals surface area (Å²) in [5, 5.41) is 9.26. The first-order chi connectivity index (χ1) is 7.63. The van der Waals surface area contributed by atoms with Crippen molar-refractivity contribution in [3.63, 3.8) is 0 Å². The van der Waals surface area contributed by atoms with Crippen molar-refractivity contribution >= 4 is 40.7 Å². The number of amides is 1. The van der Waals surface area contributed by atoms with E-state index in [1.54, 1.807) is 0 Å². The molecule has 1 aromatic carbocycles. The zero-order valence-electron chi connectivity index (χ0n) is 8.04. The van der Waals surface area contributed by atoms with Gasteiger partial charge in [0.15, 0.2) is 0 Å². The molecule has 1 saturated heterocycles. The molecule has 1 aliphatic heterocycles. The van der Waals surface area contributed by atoms with Crippen LogP contribution in [0.25, 0.3) is 0 Å². The number of benzene rings is 1. The lowest BCUT2D eigenvalue weighted by atomic mass is 10.2. The average Bonchev–Trinajstić information content (AvgIpc) is 2.64.